The number of nitrogens with one attached hydrogen (secondary N) is 2. The van der Waals surface area contributed by atoms with Gasteiger partial charge in [0, 0.05) is 33.4 Å². The van der Waals surface area contributed by atoms with E-state index in [-0.39, 0.29) is 0 Å². The van der Waals surface area contributed by atoms with Gasteiger partial charge in [0.05, 0.1) is 17.1 Å². The average Bonchev–Trinajstić information content (AvgIpc) is 3.80. The lowest BCUT2D eigenvalue weighted by Gasteiger charge is -2.22. The molecule has 1 aliphatic carbocycles. The molecular formula is C31H24ClF5N4O3. The third kappa shape index (κ3) is 7.60. The van der Waals surface area contributed by atoms with Crippen LogP contribution >= 0.6 is 11.6 Å². The molecule has 0 spiro atoms. The summed E-state index contributed by atoms with van der Waals surface area (Å²) in [7, 11) is 0. The van der Waals surface area contributed by atoms with Crippen LogP contribution in [0.25, 0.3) is 22.0 Å². The molecule has 4 aromatic rings. The molecule has 1 aliphatic rings. The second kappa shape index (κ2) is 13.3. The Balaban J connectivity index is 0.000000204. The highest BCUT2D eigenvalue weighted by atomic mass is 35.5. The maximum Gasteiger partial charge on any atom is 0.408 e. The predicted molar refractivity (Wildman–Crippen MR) is 154 cm³/mol. The van der Waals surface area contributed by atoms with E-state index in [9.17, 15) is 31.5 Å². The van der Waals surface area contributed by atoms with Gasteiger partial charge in [-0.2, -0.15) is 18.4 Å². The lowest BCUT2D eigenvalue weighted by molar-refractivity contribution is -0.146. The number of pyridine rings is 1. The zero-order valence-electron chi connectivity index (χ0n) is 23.0. The number of hydrogen-bond acceptors (Lipinski definition) is 5. The number of nitriles is 1. The highest BCUT2D eigenvalue weighted by molar-refractivity contribution is 6.33. The molecule has 0 bridgehead atoms. The van der Waals surface area contributed by atoms with Gasteiger partial charge < -0.3 is 15.7 Å². The molecule has 0 aliphatic heterocycles. The van der Waals surface area contributed by atoms with Crippen LogP contribution in [0.3, 0.4) is 0 Å². The van der Waals surface area contributed by atoms with Gasteiger partial charge in [-0.15, -0.1) is 0 Å². The molecule has 228 valence electrons. The minimum absolute atomic E-state index is 0.359. The van der Waals surface area contributed by atoms with Gasteiger partial charge in [0.25, 0.3) is 5.91 Å². The van der Waals surface area contributed by atoms with Crippen LogP contribution in [0.15, 0.2) is 60.8 Å². The highest BCUT2D eigenvalue weighted by Crippen LogP contribution is 2.42. The molecule has 0 saturated heterocycles. The number of carbonyl (C=O) groups is 2. The number of carboxylic acid groups (broad SMARTS) is 1. The highest BCUT2D eigenvalue weighted by Gasteiger charge is 2.49. The first-order chi connectivity index (χ1) is 20.8. The Labute approximate surface area is 253 Å². The van der Waals surface area contributed by atoms with Crippen LogP contribution < -0.4 is 10.6 Å². The normalized spacial score (nSPS) is 13.3. The molecule has 3 N–H and O–H groups in total. The summed E-state index contributed by atoms with van der Waals surface area (Å²) >= 11 is 6.30. The maximum absolute atomic E-state index is 13.9. The summed E-state index contributed by atoms with van der Waals surface area (Å²) in [6.07, 6.45) is -2.08. The fourth-order valence-corrected chi connectivity index (χ4v) is 4.81. The Kier molecular flexibility index (Phi) is 9.69. The van der Waals surface area contributed by atoms with Crippen molar-refractivity contribution in [1.29, 1.82) is 5.26 Å². The quantitative estimate of drug-likeness (QED) is 0.185. The van der Waals surface area contributed by atoms with E-state index in [0.29, 0.717) is 35.6 Å². The number of rotatable bonds is 7. The number of aryl methyl sites for hydroxylation is 1. The number of halogens is 6. The fraction of sp³-hybridized carbons (Fsp3) is 0.226. The van der Waals surface area contributed by atoms with Gasteiger partial charge in [-0.25, -0.2) is 8.78 Å². The monoisotopic (exact) mass is 630 g/mol. The summed E-state index contributed by atoms with van der Waals surface area (Å²) in [5.41, 5.74) is 3.05. The van der Waals surface area contributed by atoms with Crippen LogP contribution in [-0.2, 0) is 4.79 Å². The number of anilines is 1. The van der Waals surface area contributed by atoms with Gasteiger partial charge in [-0.05, 0) is 61.6 Å². The molecule has 1 unspecified atom stereocenters. The van der Waals surface area contributed by atoms with E-state index in [1.54, 1.807) is 23.6 Å². The van der Waals surface area contributed by atoms with Crippen LogP contribution in [0.5, 0.6) is 0 Å². The van der Waals surface area contributed by atoms with Crippen molar-refractivity contribution in [2.45, 2.75) is 32.0 Å². The Morgan fingerprint density at radius 3 is 2.32 bits per heavy atom. The van der Waals surface area contributed by atoms with Crippen molar-refractivity contribution in [1.82, 2.24) is 10.3 Å². The van der Waals surface area contributed by atoms with Crippen LogP contribution in [-0.4, -0.2) is 40.7 Å². The van der Waals surface area contributed by atoms with Crippen molar-refractivity contribution in [3.8, 4) is 17.2 Å². The Morgan fingerprint density at radius 1 is 1.09 bits per heavy atom. The van der Waals surface area contributed by atoms with E-state index in [0.717, 1.165) is 22.0 Å². The topological polar surface area (TPSA) is 115 Å². The fourth-order valence-electron chi connectivity index (χ4n) is 4.53. The van der Waals surface area contributed by atoms with Gasteiger partial charge in [0.15, 0.2) is 0 Å². The van der Waals surface area contributed by atoms with E-state index < -0.39 is 59.4 Å². The predicted octanol–water partition coefficient (Wildman–Crippen LogP) is 7.27. The Hall–Kier alpha value is -4.76. The second-order valence-electron chi connectivity index (χ2n) is 10.0. The van der Waals surface area contributed by atoms with Gasteiger partial charge in [-0.3, -0.25) is 14.6 Å². The number of alkyl halides is 3. The maximum atomic E-state index is 13.9. The van der Waals surface area contributed by atoms with Gasteiger partial charge in [0.2, 0.25) is 0 Å². The molecule has 7 nitrogen and oxygen atoms in total. The number of amides is 1. The third-order valence-electron chi connectivity index (χ3n) is 6.81. The van der Waals surface area contributed by atoms with Crippen molar-refractivity contribution in [2.75, 3.05) is 11.9 Å². The van der Waals surface area contributed by atoms with E-state index in [2.05, 4.69) is 30.1 Å². The number of fused-ring (bicyclic) bond motifs is 1. The second-order valence-corrected chi connectivity index (χ2v) is 10.4. The van der Waals surface area contributed by atoms with Gasteiger partial charge in [-0.1, -0.05) is 35.9 Å². The van der Waals surface area contributed by atoms with Crippen LogP contribution in [0.2, 0.25) is 5.02 Å². The van der Waals surface area contributed by atoms with Crippen LogP contribution in [0.4, 0.5) is 27.6 Å². The van der Waals surface area contributed by atoms with Crippen molar-refractivity contribution in [3.05, 3.63) is 94.1 Å². The van der Waals surface area contributed by atoms with Crippen molar-refractivity contribution >= 4 is 40.1 Å². The SMILES string of the molecule is Cc1ccc(-c2ccc(C#N)cc2Cl)c2ncccc12.O=C(O)CNC(=O)c1c(F)cc(NC(C2CC2)C(F)(F)F)cc1F. The summed E-state index contributed by atoms with van der Waals surface area (Å²) in [6, 6.07) is 14.7. The number of carboxylic acids is 1. The van der Waals surface area contributed by atoms with Crippen molar-refractivity contribution in [2.24, 2.45) is 5.92 Å². The average molecular weight is 631 g/mol. The molecule has 44 heavy (non-hydrogen) atoms. The summed E-state index contributed by atoms with van der Waals surface area (Å²) in [5.74, 6) is -6.17. The van der Waals surface area contributed by atoms with E-state index >= 15 is 0 Å². The Bertz CT molecular complexity index is 1750. The number of aliphatic carboxylic acids is 1. The number of carbonyl (C=O) groups excluding carboxylic acids is 1. The summed E-state index contributed by atoms with van der Waals surface area (Å²) in [4.78, 5) is 26.4. The molecule has 1 heterocycles. The summed E-state index contributed by atoms with van der Waals surface area (Å²) < 4.78 is 66.5. The zero-order chi connectivity index (χ0) is 32.2. The first-order valence-electron chi connectivity index (χ1n) is 13.2. The first-order valence-corrected chi connectivity index (χ1v) is 13.5. The van der Waals surface area contributed by atoms with E-state index in [1.807, 2.05) is 23.5 Å². The molecule has 1 saturated carbocycles. The smallest absolute Gasteiger partial charge is 0.408 e. The van der Waals surface area contributed by atoms with E-state index in [4.69, 9.17) is 22.0 Å². The van der Waals surface area contributed by atoms with Crippen LogP contribution in [0.1, 0.15) is 34.3 Å². The van der Waals surface area contributed by atoms with Gasteiger partial charge in [0.1, 0.15) is 29.8 Å². The molecule has 1 amide bonds. The largest absolute Gasteiger partial charge is 0.480 e. The minimum atomic E-state index is -4.58. The first kappa shape index (κ1) is 32.2. The standard InChI is InChI=1S/C17H11ClN2.C14H13F5N2O3/c1-11-4-6-15(17-13(11)3-2-8-20-17)14-7-5-12(10-19)9-16(14)18;15-8-3-7(21-12(6-1-2-6)14(17,18)19)4-9(16)11(8)13(24)20-5-10(22)23/h2-9H,1H3;3-4,6,12,21H,1-2,5H2,(H,20,24)(H,22,23). The third-order valence-corrected chi connectivity index (χ3v) is 7.13. The molecule has 0 radical (unpaired) electrons. The van der Waals surface area contributed by atoms with Gasteiger partial charge >= 0.3 is 12.1 Å². The lowest BCUT2D eigenvalue weighted by atomic mass is 9.98. The van der Waals surface area contributed by atoms with Crippen LogP contribution in [0, 0.1) is 35.8 Å². The zero-order valence-corrected chi connectivity index (χ0v) is 23.7. The minimum Gasteiger partial charge on any atom is -0.480 e. The number of aromatic nitrogens is 1. The summed E-state index contributed by atoms with van der Waals surface area (Å²) in [6.45, 7) is 1.21. The summed E-state index contributed by atoms with van der Waals surface area (Å²) in [5, 5.41) is 22.8. The van der Waals surface area contributed by atoms with Crippen molar-refractivity contribution < 1.29 is 36.6 Å². The number of hydrogen-bond donors (Lipinski definition) is 3. The molecule has 1 fully saturated rings. The molecule has 13 heteroatoms. The molecule has 5 rings (SSSR count). The Morgan fingerprint density at radius 2 is 1.75 bits per heavy atom. The molecule has 3 aromatic carbocycles. The number of nitrogens with zero attached hydrogens (tertiary/aromatic N) is 2. The molecule has 1 aromatic heterocycles. The molecular weight excluding hydrogens is 607 g/mol. The molecule has 1 atom stereocenters. The number of benzene rings is 3. The van der Waals surface area contributed by atoms with Crippen molar-refractivity contribution in [3.63, 3.8) is 0 Å². The van der Waals surface area contributed by atoms with E-state index in [1.165, 1.54) is 5.56 Å². The lowest BCUT2D eigenvalue weighted by Crippen LogP contribution is -2.38.